The zero-order chi connectivity index (χ0) is 8.69. The number of hydrogen-bond acceptors (Lipinski definition) is 2. The van der Waals surface area contributed by atoms with Gasteiger partial charge < -0.3 is 4.74 Å². The minimum atomic E-state index is -0.307. The van der Waals surface area contributed by atoms with Gasteiger partial charge in [0.25, 0.3) is 0 Å². The molecule has 0 bridgehead atoms. The van der Waals surface area contributed by atoms with E-state index in [0.29, 0.717) is 0 Å². The first kappa shape index (κ1) is 9.69. The summed E-state index contributed by atoms with van der Waals surface area (Å²) in [4.78, 5) is 10.9. The SMILES string of the molecule is C=C/C=C/OC(=O)C(C)C=C. The third-order valence-electron chi connectivity index (χ3n) is 1.12. The van der Waals surface area contributed by atoms with Crippen LogP contribution in [-0.4, -0.2) is 5.97 Å². The van der Waals surface area contributed by atoms with E-state index in [-0.39, 0.29) is 11.9 Å². The Bertz CT molecular complexity index is 180. The normalized spacial score (nSPS) is 12.5. The van der Waals surface area contributed by atoms with Gasteiger partial charge in [-0.15, -0.1) is 6.58 Å². The van der Waals surface area contributed by atoms with Gasteiger partial charge in [0.15, 0.2) is 0 Å². The van der Waals surface area contributed by atoms with Crippen LogP contribution in [0.3, 0.4) is 0 Å². The fourth-order valence-electron chi connectivity index (χ4n) is 0.365. The largest absolute Gasteiger partial charge is 0.434 e. The predicted molar refractivity (Wildman–Crippen MR) is 44.8 cm³/mol. The van der Waals surface area contributed by atoms with Crippen LogP contribution < -0.4 is 0 Å². The molecule has 0 rings (SSSR count). The van der Waals surface area contributed by atoms with Gasteiger partial charge >= 0.3 is 5.97 Å². The van der Waals surface area contributed by atoms with Crippen molar-refractivity contribution >= 4 is 5.97 Å². The Morgan fingerprint density at radius 2 is 2.18 bits per heavy atom. The average Bonchev–Trinajstić information content (AvgIpc) is 2.03. The lowest BCUT2D eigenvalue weighted by Crippen LogP contribution is -2.08. The maximum atomic E-state index is 10.9. The third-order valence-corrected chi connectivity index (χ3v) is 1.12. The van der Waals surface area contributed by atoms with Crippen molar-refractivity contribution in [2.75, 3.05) is 0 Å². The molecule has 0 aliphatic rings. The number of esters is 1. The smallest absolute Gasteiger partial charge is 0.317 e. The van der Waals surface area contributed by atoms with Crippen LogP contribution in [0.2, 0.25) is 0 Å². The van der Waals surface area contributed by atoms with Gasteiger partial charge in [0.05, 0.1) is 12.2 Å². The Morgan fingerprint density at radius 3 is 2.64 bits per heavy atom. The summed E-state index contributed by atoms with van der Waals surface area (Å²) in [5.41, 5.74) is 0. The topological polar surface area (TPSA) is 26.3 Å². The number of carbonyl (C=O) groups is 1. The monoisotopic (exact) mass is 152 g/mol. The van der Waals surface area contributed by atoms with E-state index in [1.54, 1.807) is 13.0 Å². The molecule has 0 amide bonds. The highest BCUT2D eigenvalue weighted by molar-refractivity contribution is 5.74. The minimum Gasteiger partial charge on any atom is -0.434 e. The van der Waals surface area contributed by atoms with Crippen LogP contribution in [0.4, 0.5) is 0 Å². The van der Waals surface area contributed by atoms with Crippen molar-refractivity contribution in [1.29, 1.82) is 0 Å². The van der Waals surface area contributed by atoms with Gasteiger partial charge in [-0.1, -0.05) is 18.7 Å². The Morgan fingerprint density at radius 1 is 1.55 bits per heavy atom. The highest BCUT2D eigenvalue weighted by atomic mass is 16.5. The van der Waals surface area contributed by atoms with Crippen LogP contribution in [0.1, 0.15) is 6.92 Å². The first-order valence-corrected chi connectivity index (χ1v) is 3.33. The Labute approximate surface area is 66.9 Å². The molecule has 0 N–H and O–H groups in total. The quantitative estimate of drug-likeness (QED) is 0.267. The average molecular weight is 152 g/mol. The molecule has 0 spiro atoms. The first-order chi connectivity index (χ1) is 5.22. The maximum absolute atomic E-state index is 10.9. The van der Waals surface area contributed by atoms with Gasteiger partial charge in [0.2, 0.25) is 0 Å². The number of hydrogen-bond donors (Lipinski definition) is 0. The van der Waals surface area contributed by atoms with Gasteiger partial charge in [0.1, 0.15) is 0 Å². The van der Waals surface area contributed by atoms with Gasteiger partial charge in [0, 0.05) is 0 Å². The van der Waals surface area contributed by atoms with Gasteiger partial charge in [-0.25, -0.2) is 0 Å². The van der Waals surface area contributed by atoms with Crippen LogP contribution in [0, 0.1) is 5.92 Å². The number of ether oxygens (including phenoxy) is 1. The lowest BCUT2D eigenvalue weighted by molar-refractivity contribution is -0.140. The molecule has 60 valence electrons. The maximum Gasteiger partial charge on any atom is 0.317 e. The lowest BCUT2D eigenvalue weighted by atomic mass is 10.2. The predicted octanol–water partition coefficient (Wildman–Crippen LogP) is 2.05. The number of rotatable bonds is 4. The van der Waals surface area contributed by atoms with Crippen LogP contribution in [0.5, 0.6) is 0 Å². The molecule has 0 aliphatic carbocycles. The van der Waals surface area contributed by atoms with Crippen molar-refractivity contribution in [3.63, 3.8) is 0 Å². The van der Waals surface area contributed by atoms with Crippen molar-refractivity contribution in [3.8, 4) is 0 Å². The molecule has 1 atom stereocenters. The summed E-state index contributed by atoms with van der Waals surface area (Å²) in [6.07, 6.45) is 5.92. The van der Waals surface area contributed by atoms with E-state index in [9.17, 15) is 4.79 Å². The molecule has 2 nitrogen and oxygen atoms in total. The van der Waals surface area contributed by atoms with Crippen LogP contribution >= 0.6 is 0 Å². The molecule has 0 fully saturated rings. The van der Waals surface area contributed by atoms with E-state index in [2.05, 4.69) is 17.9 Å². The standard InChI is InChI=1S/C9H12O2/c1-4-6-7-11-9(10)8(3)5-2/h4-8H,1-2H2,3H3/b7-6+. The molecule has 0 radical (unpaired) electrons. The second kappa shape index (κ2) is 5.47. The summed E-state index contributed by atoms with van der Waals surface area (Å²) in [6, 6.07) is 0. The Balaban J connectivity index is 3.77. The zero-order valence-corrected chi connectivity index (χ0v) is 6.62. The minimum absolute atomic E-state index is 0.260. The highest BCUT2D eigenvalue weighted by Crippen LogP contribution is 1.98. The molecule has 1 unspecified atom stereocenters. The Hall–Kier alpha value is -1.31. The summed E-state index contributed by atoms with van der Waals surface area (Å²) in [6.45, 7) is 8.61. The molecule has 0 aromatic carbocycles. The molecular weight excluding hydrogens is 140 g/mol. The van der Waals surface area contributed by atoms with Crippen LogP contribution in [0.25, 0.3) is 0 Å². The Kier molecular flexibility index (Phi) is 4.82. The zero-order valence-electron chi connectivity index (χ0n) is 6.62. The fraction of sp³-hybridized carbons (Fsp3) is 0.222. The molecule has 0 saturated heterocycles. The molecule has 0 aromatic heterocycles. The van der Waals surface area contributed by atoms with Crippen LogP contribution in [0.15, 0.2) is 37.6 Å². The van der Waals surface area contributed by atoms with Gasteiger partial charge in [-0.2, -0.15) is 0 Å². The number of carbonyl (C=O) groups excluding carboxylic acids is 1. The van der Waals surface area contributed by atoms with Gasteiger partial charge in [-0.05, 0) is 13.0 Å². The fourth-order valence-corrected chi connectivity index (χ4v) is 0.365. The lowest BCUT2D eigenvalue weighted by Gasteiger charge is -2.00. The van der Waals surface area contributed by atoms with Crippen molar-refractivity contribution < 1.29 is 9.53 Å². The molecular formula is C9H12O2. The van der Waals surface area contributed by atoms with Crippen molar-refractivity contribution in [3.05, 3.63) is 37.6 Å². The van der Waals surface area contributed by atoms with Crippen molar-refractivity contribution in [1.82, 2.24) is 0 Å². The molecule has 0 saturated carbocycles. The molecule has 2 heteroatoms. The summed E-state index contributed by atoms with van der Waals surface area (Å²) in [5.74, 6) is -0.567. The van der Waals surface area contributed by atoms with E-state index in [1.807, 2.05) is 0 Å². The van der Waals surface area contributed by atoms with Crippen molar-refractivity contribution in [2.24, 2.45) is 5.92 Å². The van der Waals surface area contributed by atoms with E-state index in [0.717, 1.165) is 0 Å². The number of allylic oxidation sites excluding steroid dienone is 2. The molecule has 11 heavy (non-hydrogen) atoms. The van der Waals surface area contributed by atoms with Gasteiger partial charge in [-0.3, -0.25) is 4.79 Å². The van der Waals surface area contributed by atoms with Crippen molar-refractivity contribution in [2.45, 2.75) is 6.92 Å². The summed E-state index contributed by atoms with van der Waals surface area (Å²) in [5, 5.41) is 0. The highest BCUT2D eigenvalue weighted by Gasteiger charge is 2.07. The summed E-state index contributed by atoms with van der Waals surface area (Å²) < 4.78 is 4.67. The first-order valence-electron chi connectivity index (χ1n) is 3.33. The van der Waals surface area contributed by atoms with E-state index in [1.165, 1.54) is 18.4 Å². The van der Waals surface area contributed by atoms with Crippen LogP contribution in [-0.2, 0) is 9.53 Å². The second-order valence-corrected chi connectivity index (χ2v) is 2.03. The molecule has 0 heterocycles. The van der Waals surface area contributed by atoms with E-state index < -0.39 is 0 Å². The second-order valence-electron chi connectivity index (χ2n) is 2.03. The molecule has 0 aliphatic heterocycles. The summed E-state index contributed by atoms with van der Waals surface area (Å²) in [7, 11) is 0. The third kappa shape index (κ3) is 4.14. The summed E-state index contributed by atoms with van der Waals surface area (Å²) >= 11 is 0. The molecule has 0 aromatic rings. The van der Waals surface area contributed by atoms with E-state index >= 15 is 0 Å². The van der Waals surface area contributed by atoms with E-state index in [4.69, 9.17) is 0 Å².